The number of nitrogens with zero attached hydrogens (tertiary/aromatic N) is 1. The van der Waals surface area contributed by atoms with Crippen LogP contribution in [-0.2, 0) is 29.3 Å². The molecule has 4 rings (SSSR count). The number of hydrogen-bond acceptors (Lipinski definition) is 4. The zero-order valence-corrected chi connectivity index (χ0v) is 25.0. The van der Waals surface area contributed by atoms with Gasteiger partial charge in [-0.3, -0.25) is 14.1 Å². The molecule has 8 nitrogen and oxygen atoms in total. The first-order valence-corrected chi connectivity index (χ1v) is 15.3. The summed E-state index contributed by atoms with van der Waals surface area (Å²) in [7, 11) is 0.0629. The second-order valence-corrected chi connectivity index (χ2v) is 14.0. The molecule has 3 unspecified atom stereocenters. The molecule has 1 aliphatic rings. The largest absolute Gasteiger partial charge is 0.318 e. The summed E-state index contributed by atoms with van der Waals surface area (Å²) >= 11 is -2.44. The third-order valence-corrected chi connectivity index (χ3v) is 9.14. The Morgan fingerprint density at radius 2 is 1.66 bits per heavy atom. The van der Waals surface area contributed by atoms with Crippen molar-refractivity contribution in [2.24, 2.45) is 13.0 Å². The van der Waals surface area contributed by atoms with Crippen molar-refractivity contribution in [1.29, 1.82) is 0 Å². The highest BCUT2D eigenvalue weighted by Gasteiger charge is 2.37. The van der Waals surface area contributed by atoms with Crippen LogP contribution >= 0.6 is 0 Å². The predicted molar refractivity (Wildman–Crippen MR) is 156 cm³/mol. The molecule has 3 N–H and O–H groups in total. The van der Waals surface area contributed by atoms with Crippen LogP contribution in [0.3, 0.4) is 0 Å². The van der Waals surface area contributed by atoms with Gasteiger partial charge in [0.1, 0.15) is 11.6 Å². The molecule has 1 saturated carbocycles. The summed E-state index contributed by atoms with van der Waals surface area (Å²) < 4.78 is 69.4. The number of benzene rings is 2. The lowest BCUT2D eigenvalue weighted by Crippen LogP contribution is -2.37. The van der Waals surface area contributed by atoms with Crippen molar-refractivity contribution in [3.63, 3.8) is 0 Å². The number of aryl methyl sites for hydroxylation is 1. The third-order valence-electron chi connectivity index (χ3n) is 7.00. The molecule has 0 radical (unpaired) electrons. The van der Waals surface area contributed by atoms with E-state index in [1.54, 1.807) is 13.2 Å². The molecule has 4 atom stereocenters. The van der Waals surface area contributed by atoms with E-state index in [1.807, 2.05) is 20.8 Å². The first-order valence-electron chi connectivity index (χ1n) is 13.1. The minimum atomic E-state index is -2.44. The quantitative estimate of drug-likeness (QED) is 0.226. The van der Waals surface area contributed by atoms with Gasteiger partial charge in [-0.05, 0) is 94.0 Å². The van der Waals surface area contributed by atoms with Gasteiger partial charge in [-0.15, -0.1) is 0 Å². The number of pyridine rings is 1. The first kappa shape index (κ1) is 31.0. The lowest BCUT2D eigenvalue weighted by Gasteiger charge is -2.27. The Morgan fingerprint density at radius 3 is 2.22 bits per heavy atom. The minimum Gasteiger partial charge on any atom is -0.318 e. The molecule has 3 aromatic rings. The Balaban J connectivity index is 1.99. The average molecular weight is 606 g/mol. The van der Waals surface area contributed by atoms with Crippen molar-refractivity contribution < 1.29 is 26.5 Å². The maximum absolute atomic E-state index is 15.5. The fourth-order valence-corrected chi connectivity index (χ4v) is 5.90. The van der Waals surface area contributed by atoms with Crippen molar-refractivity contribution in [3.8, 4) is 11.1 Å². The summed E-state index contributed by atoms with van der Waals surface area (Å²) in [5, 5.41) is 0. The summed E-state index contributed by atoms with van der Waals surface area (Å²) in [6.45, 7) is 6.99. The van der Waals surface area contributed by atoms with E-state index < -0.39 is 56.5 Å². The number of hydrogen-bond donors (Lipinski definition) is 3. The van der Waals surface area contributed by atoms with Gasteiger partial charge >= 0.3 is 0 Å². The molecule has 1 aliphatic carbocycles. The molecule has 1 aromatic heterocycles. The van der Waals surface area contributed by atoms with Crippen LogP contribution in [0.2, 0.25) is 0 Å². The SMILES string of the molecule is CC(NS(=O)O)c1cc(-c2cn(C)c(=O)cc2[C@@H](NS(=O)C(C)(C)C)C2CC2)c(C(=O)c2ccc(F)cc2)cc1F. The lowest BCUT2D eigenvalue weighted by molar-refractivity contribution is 0.103. The molecule has 1 heterocycles. The Hall–Kier alpha value is -2.90. The second kappa shape index (κ2) is 12.1. The van der Waals surface area contributed by atoms with Crippen LogP contribution in [0, 0.1) is 17.6 Å². The van der Waals surface area contributed by atoms with Crippen molar-refractivity contribution in [2.45, 2.75) is 57.4 Å². The molecular formula is C29H33F2N3O5S2. The third kappa shape index (κ3) is 7.12. The standard InChI is InChI=1S/C29H33F2N3O5S2/c1-16(32-41(38)39)20-12-21(23(13-25(20)31)28(36)18-8-10-19(30)11-9-18)24-15-34(5)26(35)14-22(24)27(17-6-7-17)33-40(37)29(2,3)4/h8-17,27,32-33H,6-7H2,1-5H3,(H,38,39)/t16?,27-,40?/m0/s1. The number of carbonyl (C=O) groups is 1. The molecule has 0 spiro atoms. The smallest absolute Gasteiger partial charge is 0.250 e. The van der Waals surface area contributed by atoms with Gasteiger partial charge in [0.2, 0.25) is 11.3 Å². The molecule has 0 saturated heterocycles. The molecule has 220 valence electrons. The molecule has 41 heavy (non-hydrogen) atoms. The van der Waals surface area contributed by atoms with Crippen LogP contribution in [0.25, 0.3) is 11.1 Å². The van der Waals surface area contributed by atoms with Gasteiger partial charge < -0.3 is 4.57 Å². The number of nitrogens with one attached hydrogen (secondary N) is 2. The van der Waals surface area contributed by atoms with Crippen LogP contribution in [0.1, 0.15) is 79.7 Å². The zero-order chi connectivity index (χ0) is 30.2. The minimum absolute atomic E-state index is 0.0204. The van der Waals surface area contributed by atoms with Gasteiger partial charge in [-0.2, -0.15) is 0 Å². The van der Waals surface area contributed by atoms with Crippen LogP contribution in [0.5, 0.6) is 0 Å². The van der Waals surface area contributed by atoms with Crippen LogP contribution in [0.4, 0.5) is 8.78 Å². The van der Waals surface area contributed by atoms with Crippen molar-refractivity contribution in [3.05, 3.63) is 92.9 Å². The Morgan fingerprint density at radius 1 is 1.02 bits per heavy atom. The van der Waals surface area contributed by atoms with E-state index in [0.717, 1.165) is 31.0 Å². The van der Waals surface area contributed by atoms with Gasteiger partial charge in [0.15, 0.2) is 5.78 Å². The molecule has 1 fully saturated rings. The topological polar surface area (TPSA) is 118 Å². The monoisotopic (exact) mass is 605 g/mol. The highest BCUT2D eigenvalue weighted by Crippen LogP contribution is 2.45. The molecule has 0 amide bonds. The Labute approximate surface area is 242 Å². The Bertz CT molecular complexity index is 1580. The maximum Gasteiger partial charge on any atom is 0.250 e. The van der Waals surface area contributed by atoms with Crippen molar-refractivity contribution >= 4 is 28.0 Å². The van der Waals surface area contributed by atoms with E-state index in [0.29, 0.717) is 11.1 Å². The summed E-state index contributed by atoms with van der Waals surface area (Å²) in [5.41, 5.74) is 0.995. The number of ketones is 1. The normalized spacial score (nSPS) is 16.7. The van der Waals surface area contributed by atoms with Crippen LogP contribution in [0.15, 0.2) is 53.5 Å². The van der Waals surface area contributed by atoms with Crippen LogP contribution < -0.4 is 15.0 Å². The predicted octanol–water partition coefficient (Wildman–Crippen LogP) is 4.85. The second-order valence-electron chi connectivity index (χ2n) is 11.2. The average Bonchev–Trinajstić information content (AvgIpc) is 3.73. The highest BCUT2D eigenvalue weighted by atomic mass is 32.2. The van der Waals surface area contributed by atoms with E-state index in [2.05, 4.69) is 9.44 Å². The first-order chi connectivity index (χ1) is 19.2. The summed E-state index contributed by atoms with van der Waals surface area (Å²) in [4.78, 5) is 26.6. The molecule has 2 aromatic carbocycles. The molecule has 0 bridgehead atoms. The Kier molecular flexibility index (Phi) is 9.19. The van der Waals surface area contributed by atoms with Gasteiger partial charge in [-0.1, -0.05) is 0 Å². The molecule has 12 heteroatoms. The highest BCUT2D eigenvalue weighted by molar-refractivity contribution is 7.84. The number of rotatable bonds is 10. The van der Waals surface area contributed by atoms with E-state index in [1.165, 1.54) is 35.8 Å². The van der Waals surface area contributed by atoms with E-state index in [-0.39, 0.29) is 33.7 Å². The summed E-state index contributed by atoms with van der Waals surface area (Å²) in [6.07, 6.45) is 3.23. The summed E-state index contributed by atoms with van der Waals surface area (Å²) in [5.74, 6) is -1.82. The van der Waals surface area contributed by atoms with Crippen molar-refractivity contribution in [1.82, 2.24) is 14.0 Å². The van der Waals surface area contributed by atoms with Crippen LogP contribution in [-0.4, -0.2) is 28.1 Å². The molecule has 0 aliphatic heterocycles. The maximum atomic E-state index is 15.5. The van der Waals surface area contributed by atoms with Crippen molar-refractivity contribution in [2.75, 3.05) is 0 Å². The number of carbonyl (C=O) groups excluding carboxylic acids is 1. The van der Waals surface area contributed by atoms with E-state index in [4.69, 9.17) is 0 Å². The zero-order valence-electron chi connectivity index (χ0n) is 23.4. The summed E-state index contributed by atoms with van der Waals surface area (Å²) in [6, 6.07) is 7.35. The number of halogens is 2. The van der Waals surface area contributed by atoms with Gasteiger partial charge in [0.25, 0.3) is 5.56 Å². The van der Waals surface area contributed by atoms with E-state index >= 15 is 4.39 Å². The van der Waals surface area contributed by atoms with Gasteiger partial charge in [0.05, 0.1) is 15.7 Å². The van der Waals surface area contributed by atoms with Gasteiger partial charge in [0, 0.05) is 53.6 Å². The van der Waals surface area contributed by atoms with Gasteiger partial charge in [-0.25, -0.2) is 26.6 Å². The lowest BCUT2D eigenvalue weighted by atomic mass is 9.87. The fraction of sp³-hybridized carbons (Fsp3) is 0.379. The molecular weight excluding hydrogens is 572 g/mol. The van der Waals surface area contributed by atoms with E-state index in [9.17, 15) is 27.0 Å². The number of aromatic nitrogens is 1. The fourth-order valence-electron chi connectivity index (χ4n) is 4.57.